The minimum absolute atomic E-state index is 0.189. The zero-order chi connectivity index (χ0) is 14.4. The number of carbonyl (C=O) groups is 2. The molecule has 104 valence electrons. The summed E-state index contributed by atoms with van der Waals surface area (Å²) in [6.45, 7) is 3.23. The molecule has 0 fully saturated rings. The van der Waals surface area contributed by atoms with Crippen molar-refractivity contribution in [1.82, 2.24) is 4.90 Å². The summed E-state index contributed by atoms with van der Waals surface area (Å²) < 4.78 is 0. The first-order valence-corrected chi connectivity index (χ1v) is 6.23. The highest BCUT2D eigenvalue weighted by Gasteiger charge is 2.25. The van der Waals surface area contributed by atoms with Gasteiger partial charge in [-0.2, -0.15) is 0 Å². The van der Waals surface area contributed by atoms with E-state index in [4.69, 9.17) is 10.8 Å². The Morgan fingerprint density at radius 3 is 2.32 bits per heavy atom. The fourth-order valence-electron chi connectivity index (χ4n) is 1.83. The second-order valence-corrected chi connectivity index (χ2v) is 4.75. The Bertz CT molecular complexity index is 432. The largest absolute Gasteiger partial charge is 0.480 e. The van der Waals surface area contributed by atoms with Gasteiger partial charge < -0.3 is 15.7 Å². The molecule has 3 N–H and O–H groups in total. The molecule has 0 aliphatic rings. The van der Waals surface area contributed by atoms with Gasteiger partial charge in [-0.1, -0.05) is 30.3 Å². The van der Waals surface area contributed by atoms with Crippen molar-refractivity contribution in [3.63, 3.8) is 0 Å². The van der Waals surface area contributed by atoms with Gasteiger partial charge >= 0.3 is 5.97 Å². The van der Waals surface area contributed by atoms with Crippen LogP contribution in [-0.2, 0) is 16.0 Å². The van der Waals surface area contributed by atoms with Gasteiger partial charge in [0.25, 0.3) is 0 Å². The van der Waals surface area contributed by atoms with Crippen molar-refractivity contribution < 1.29 is 14.7 Å². The van der Waals surface area contributed by atoms with E-state index in [9.17, 15) is 9.59 Å². The van der Waals surface area contributed by atoms with Crippen LogP contribution in [0.5, 0.6) is 0 Å². The van der Waals surface area contributed by atoms with Gasteiger partial charge in [0.05, 0.1) is 6.04 Å². The molecule has 1 amide bonds. The third-order valence-corrected chi connectivity index (χ3v) is 2.83. The molecule has 0 saturated carbocycles. The monoisotopic (exact) mass is 264 g/mol. The van der Waals surface area contributed by atoms with E-state index in [1.165, 1.54) is 4.90 Å². The second-order valence-electron chi connectivity index (χ2n) is 4.75. The minimum Gasteiger partial charge on any atom is -0.480 e. The van der Waals surface area contributed by atoms with Crippen LogP contribution in [0, 0.1) is 0 Å². The summed E-state index contributed by atoms with van der Waals surface area (Å²) >= 11 is 0. The smallest absolute Gasteiger partial charge is 0.323 e. The number of nitrogens with two attached hydrogens (primary N) is 1. The molecular weight excluding hydrogens is 244 g/mol. The molecule has 0 aliphatic heterocycles. The number of hydrogen-bond acceptors (Lipinski definition) is 3. The van der Waals surface area contributed by atoms with Crippen molar-refractivity contribution in [2.24, 2.45) is 5.73 Å². The first-order valence-electron chi connectivity index (χ1n) is 6.23. The summed E-state index contributed by atoms with van der Waals surface area (Å²) in [5.41, 5.74) is 6.84. The van der Waals surface area contributed by atoms with E-state index in [1.807, 2.05) is 30.3 Å². The summed E-state index contributed by atoms with van der Waals surface area (Å²) in [4.78, 5) is 24.2. The second kappa shape index (κ2) is 6.89. The van der Waals surface area contributed by atoms with E-state index in [1.54, 1.807) is 13.8 Å². The number of carbonyl (C=O) groups excluding carboxylic acids is 1. The van der Waals surface area contributed by atoms with Gasteiger partial charge in [0, 0.05) is 6.04 Å². The average molecular weight is 264 g/mol. The van der Waals surface area contributed by atoms with Crippen molar-refractivity contribution >= 4 is 11.9 Å². The highest BCUT2D eigenvalue weighted by Crippen LogP contribution is 2.07. The molecule has 0 bridgehead atoms. The summed E-state index contributed by atoms with van der Waals surface area (Å²) in [5.74, 6) is -1.37. The summed E-state index contributed by atoms with van der Waals surface area (Å²) in [6, 6.07) is 8.53. The molecule has 0 aromatic heterocycles. The van der Waals surface area contributed by atoms with Crippen LogP contribution < -0.4 is 5.73 Å². The number of carboxylic acid groups (broad SMARTS) is 1. The standard InChI is InChI=1S/C14H20N2O3/c1-10(2)16(9-13(17)18)14(19)12(15)8-11-6-4-3-5-7-11/h3-7,10,12H,8-9,15H2,1-2H3,(H,17,18). The van der Waals surface area contributed by atoms with Gasteiger partial charge in [0.1, 0.15) is 6.54 Å². The number of hydrogen-bond donors (Lipinski definition) is 2. The lowest BCUT2D eigenvalue weighted by Crippen LogP contribution is -2.49. The van der Waals surface area contributed by atoms with Crippen LogP contribution in [0.25, 0.3) is 0 Å². The molecule has 1 aromatic carbocycles. The van der Waals surface area contributed by atoms with Crippen LogP contribution in [0.15, 0.2) is 30.3 Å². The quantitative estimate of drug-likeness (QED) is 0.799. The van der Waals surface area contributed by atoms with E-state index in [0.29, 0.717) is 6.42 Å². The number of nitrogens with zero attached hydrogens (tertiary/aromatic N) is 1. The highest BCUT2D eigenvalue weighted by molar-refractivity contribution is 5.85. The molecule has 0 aliphatic carbocycles. The lowest BCUT2D eigenvalue weighted by Gasteiger charge is -2.27. The Morgan fingerprint density at radius 1 is 1.26 bits per heavy atom. The predicted molar refractivity (Wildman–Crippen MR) is 72.6 cm³/mol. The number of benzene rings is 1. The molecule has 1 atom stereocenters. The first kappa shape index (κ1) is 15.2. The fraction of sp³-hybridized carbons (Fsp3) is 0.429. The molecule has 1 aromatic rings. The Kier molecular flexibility index (Phi) is 5.51. The molecule has 1 rings (SSSR count). The molecule has 1 unspecified atom stereocenters. The van der Waals surface area contributed by atoms with Crippen LogP contribution >= 0.6 is 0 Å². The maximum absolute atomic E-state index is 12.2. The fourth-order valence-corrected chi connectivity index (χ4v) is 1.83. The van der Waals surface area contributed by atoms with Crippen molar-refractivity contribution in [3.05, 3.63) is 35.9 Å². The third-order valence-electron chi connectivity index (χ3n) is 2.83. The molecule has 5 heteroatoms. The van der Waals surface area contributed by atoms with Crippen LogP contribution in [-0.4, -0.2) is 40.5 Å². The van der Waals surface area contributed by atoms with Gasteiger partial charge in [-0.05, 0) is 25.8 Å². The zero-order valence-electron chi connectivity index (χ0n) is 11.2. The van der Waals surface area contributed by atoms with Gasteiger partial charge in [-0.3, -0.25) is 9.59 Å². The normalized spacial score (nSPS) is 12.2. The topological polar surface area (TPSA) is 83.6 Å². The Hall–Kier alpha value is -1.88. The van der Waals surface area contributed by atoms with Crippen molar-refractivity contribution in [1.29, 1.82) is 0 Å². The van der Waals surface area contributed by atoms with Gasteiger partial charge in [0.2, 0.25) is 5.91 Å². The molecular formula is C14H20N2O3. The van der Waals surface area contributed by atoms with E-state index in [0.717, 1.165) is 5.56 Å². The van der Waals surface area contributed by atoms with Crippen LogP contribution in [0.1, 0.15) is 19.4 Å². The SMILES string of the molecule is CC(C)N(CC(=O)O)C(=O)C(N)Cc1ccccc1. The average Bonchev–Trinajstić information content (AvgIpc) is 2.35. The molecule has 0 radical (unpaired) electrons. The van der Waals surface area contributed by atoms with Gasteiger partial charge in [-0.15, -0.1) is 0 Å². The van der Waals surface area contributed by atoms with Crippen molar-refractivity contribution in [2.45, 2.75) is 32.4 Å². The molecule has 19 heavy (non-hydrogen) atoms. The molecule has 0 saturated heterocycles. The van der Waals surface area contributed by atoms with Gasteiger partial charge in [0.15, 0.2) is 0 Å². The van der Waals surface area contributed by atoms with Crippen LogP contribution in [0.3, 0.4) is 0 Å². The Labute approximate surface area is 113 Å². The molecule has 0 heterocycles. The molecule has 0 spiro atoms. The van der Waals surface area contributed by atoms with Crippen LogP contribution in [0.4, 0.5) is 0 Å². The summed E-state index contributed by atoms with van der Waals surface area (Å²) in [7, 11) is 0. The molecule has 5 nitrogen and oxygen atoms in total. The number of carboxylic acids is 1. The number of amides is 1. The predicted octanol–water partition coefficient (Wildman–Crippen LogP) is 0.878. The maximum atomic E-state index is 12.2. The van der Waals surface area contributed by atoms with Crippen molar-refractivity contribution in [2.75, 3.05) is 6.54 Å². The van der Waals surface area contributed by atoms with Gasteiger partial charge in [-0.25, -0.2) is 0 Å². The Morgan fingerprint density at radius 2 is 1.84 bits per heavy atom. The summed E-state index contributed by atoms with van der Waals surface area (Å²) in [6.07, 6.45) is 0.405. The Balaban J connectivity index is 2.71. The van der Waals surface area contributed by atoms with Crippen LogP contribution in [0.2, 0.25) is 0 Å². The lowest BCUT2D eigenvalue weighted by molar-refractivity contribution is -0.146. The van der Waals surface area contributed by atoms with E-state index in [-0.39, 0.29) is 18.5 Å². The van der Waals surface area contributed by atoms with E-state index in [2.05, 4.69) is 0 Å². The minimum atomic E-state index is -1.03. The lowest BCUT2D eigenvalue weighted by atomic mass is 10.1. The first-order chi connectivity index (χ1) is 8.91. The van der Waals surface area contributed by atoms with E-state index >= 15 is 0 Å². The number of aliphatic carboxylic acids is 1. The summed E-state index contributed by atoms with van der Waals surface area (Å²) in [5, 5.41) is 8.82. The number of rotatable bonds is 6. The highest BCUT2D eigenvalue weighted by atomic mass is 16.4. The van der Waals surface area contributed by atoms with E-state index < -0.39 is 12.0 Å². The maximum Gasteiger partial charge on any atom is 0.323 e. The van der Waals surface area contributed by atoms with Crippen molar-refractivity contribution in [3.8, 4) is 0 Å². The third kappa shape index (κ3) is 4.71. The zero-order valence-corrected chi connectivity index (χ0v) is 11.2.